The maximum absolute atomic E-state index is 12.9. The van der Waals surface area contributed by atoms with Crippen molar-refractivity contribution in [3.8, 4) is 0 Å². The molecule has 1 saturated heterocycles. The lowest BCUT2D eigenvalue weighted by Gasteiger charge is -2.35. The molecule has 4 N–H and O–H groups in total. The Hall–Kier alpha value is -1.96. The lowest BCUT2D eigenvalue weighted by molar-refractivity contribution is -0.139. The molecule has 1 amide bonds. The molecule has 1 aliphatic heterocycles. The van der Waals surface area contributed by atoms with Crippen LogP contribution in [-0.2, 0) is 10.3 Å². The molecule has 7 heteroatoms. The van der Waals surface area contributed by atoms with Gasteiger partial charge in [0.15, 0.2) is 0 Å². The SMILES string of the molecule is Cc1cccc2c(C(C)(C)N(N)C(=O)[C@H]3[C@@H]4CN(N)C[C@@H]43)cnn12. The van der Waals surface area contributed by atoms with Crippen molar-refractivity contribution in [1.82, 2.24) is 19.6 Å². The van der Waals surface area contributed by atoms with E-state index in [2.05, 4.69) is 5.10 Å². The fourth-order valence-corrected chi connectivity index (χ4v) is 4.11. The van der Waals surface area contributed by atoms with Crippen molar-refractivity contribution in [2.75, 3.05) is 13.1 Å². The second-order valence-electron chi connectivity index (χ2n) is 7.60. The van der Waals surface area contributed by atoms with Crippen LogP contribution in [0.1, 0.15) is 25.1 Å². The minimum absolute atomic E-state index is 0.00935. The Morgan fingerprint density at radius 3 is 2.67 bits per heavy atom. The third-order valence-corrected chi connectivity index (χ3v) is 5.74. The van der Waals surface area contributed by atoms with E-state index >= 15 is 0 Å². The number of hydrazine groups is 2. The van der Waals surface area contributed by atoms with Gasteiger partial charge in [-0.15, -0.1) is 0 Å². The molecule has 0 aromatic carbocycles. The van der Waals surface area contributed by atoms with E-state index in [-0.39, 0.29) is 11.8 Å². The predicted octanol–water partition coefficient (Wildman–Crippen LogP) is 0.632. The predicted molar refractivity (Wildman–Crippen MR) is 90.2 cm³/mol. The van der Waals surface area contributed by atoms with Gasteiger partial charge in [-0.05, 0) is 44.7 Å². The van der Waals surface area contributed by atoms with Crippen LogP contribution in [0, 0.1) is 24.7 Å². The van der Waals surface area contributed by atoms with Crippen molar-refractivity contribution in [2.24, 2.45) is 29.4 Å². The number of piperidine rings is 1. The molecule has 2 fully saturated rings. The number of rotatable bonds is 3. The molecule has 2 aromatic rings. The Morgan fingerprint density at radius 2 is 2.00 bits per heavy atom. The first kappa shape index (κ1) is 15.6. The molecule has 0 spiro atoms. The van der Waals surface area contributed by atoms with Crippen LogP contribution in [0.5, 0.6) is 0 Å². The van der Waals surface area contributed by atoms with E-state index in [4.69, 9.17) is 11.7 Å². The lowest BCUT2D eigenvalue weighted by Crippen LogP contribution is -2.52. The topological polar surface area (TPSA) is 92.9 Å². The maximum atomic E-state index is 12.9. The molecule has 2 aliphatic rings. The number of hydrogen-bond donors (Lipinski definition) is 2. The standard InChI is InChI=1S/C17H24N6O/c1-10-5-4-6-14-13(7-20-22(10)14)17(2,3)23(19)16(24)15-11-8-21(18)9-12(11)15/h4-7,11-12,15H,8-9,18-19H2,1-3H3/t11-,12+,15+. The molecule has 4 rings (SSSR count). The van der Waals surface area contributed by atoms with Crippen molar-refractivity contribution in [3.05, 3.63) is 35.7 Å². The Balaban J connectivity index is 1.62. The number of nitrogens with two attached hydrogens (primary N) is 2. The average molecular weight is 328 g/mol. The molecule has 0 unspecified atom stereocenters. The quantitative estimate of drug-likeness (QED) is 0.490. The van der Waals surface area contributed by atoms with E-state index < -0.39 is 5.54 Å². The molecule has 24 heavy (non-hydrogen) atoms. The normalized spacial score (nSPS) is 26.6. The van der Waals surface area contributed by atoms with Crippen LogP contribution in [0.15, 0.2) is 24.4 Å². The van der Waals surface area contributed by atoms with Gasteiger partial charge in [0.25, 0.3) is 0 Å². The highest BCUT2D eigenvalue weighted by Crippen LogP contribution is 2.52. The van der Waals surface area contributed by atoms with Gasteiger partial charge in [0, 0.05) is 30.3 Å². The van der Waals surface area contributed by atoms with E-state index in [0.717, 1.165) is 29.9 Å². The zero-order valence-corrected chi connectivity index (χ0v) is 14.3. The molecule has 1 saturated carbocycles. The fraction of sp³-hybridized carbons (Fsp3) is 0.529. The van der Waals surface area contributed by atoms with Gasteiger partial charge in [-0.25, -0.2) is 15.4 Å². The van der Waals surface area contributed by atoms with Crippen LogP contribution in [0.4, 0.5) is 0 Å². The molecule has 128 valence electrons. The van der Waals surface area contributed by atoms with Gasteiger partial charge in [0.05, 0.1) is 17.3 Å². The summed E-state index contributed by atoms with van der Waals surface area (Å²) in [7, 11) is 0. The maximum Gasteiger partial charge on any atom is 0.241 e. The van der Waals surface area contributed by atoms with Crippen LogP contribution in [0.3, 0.4) is 0 Å². The zero-order valence-electron chi connectivity index (χ0n) is 14.3. The average Bonchev–Trinajstić information content (AvgIpc) is 2.90. The van der Waals surface area contributed by atoms with Crippen LogP contribution in [0.25, 0.3) is 5.52 Å². The van der Waals surface area contributed by atoms with Crippen LogP contribution >= 0.6 is 0 Å². The number of hydrogen-bond acceptors (Lipinski definition) is 5. The molecule has 0 radical (unpaired) electrons. The summed E-state index contributed by atoms with van der Waals surface area (Å²) in [6.45, 7) is 7.51. The first-order valence-corrected chi connectivity index (χ1v) is 8.34. The van der Waals surface area contributed by atoms with Crippen LogP contribution in [-0.4, -0.2) is 38.6 Å². The molecule has 1 aliphatic carbocycles. The van der Waals surface area contributed by atoms with Crippen molar-refractivity contribution in [1.29, 1.82) is 0 Å². The van der Waals surface area contributed by atoms with Gasteiger partial charge in [0.1, 0.15) is 0 Å². The smallest absolute Gasteiger partial charge is 0.241 e. The highest BCUT2D eigenvalue weighted by Gasteiger charge is 2.60. The Kier molecular flexibility index (Phi) is 3.25. The van der Waals surface area contributed by atoms with Gasteiger partial charge < -0.3 is 0 Å². The summed E-state index contributed by atoms with van der Waals surface area (Å²) < 4.78 is 1.88. The fourth-order valence-electron chi connectivity index (χ4n) is 4.11. The minimum Gasteiger partial charge on any atom is -0.273 e. The summed E-state index contributed by atoms with van der Waals surface area (Å²) in [6, 6.07) is 6.01. The van der Waals surface area contributed by atoms with Gasteiger partial charge in [-0.1, -0.05) is 6.07 Å². The largest absolute Gasteiger partial charge is 0.273 e. The number of amides is 1. The number of carbonyl (C=O) groups excluding carboxylic acids is 1. The third kappa shape index (κ3) is 2.08. The summed E-state index contributed by atoms with van der Waals surface area (Å²) >= 11 is 0. The van der Waals surface area contributed by atoms with E-state index in [0.29, 0.717) is 11.8 Å². The number of aromatic nitrogens is 2. The number of pyridine rings is 1. The molecule has 3 atom stereocenters. The van der Waals surface area contributed by atoms with Crippen molar-refractivity contribution in [2.45, 2.75) is 26.3 Å². The molecule has 7 nitrogen and oxygen atoms in total. The second-order valence-corrected chi connectivity index (χ2v) is 7.60. The summed E-state index contributed by atoms with van der Waals surface area (Å²) in [5, 5.41) is 7.64. The summed E-state index contributed by atoms with van der Waals surface area (Å²) in [6.07, 6.45) is 1.81. The monoisotopic (exact) mass is 328 g/mol. The first-order valence-electron chi connectivity index (χ1n) is 8.34. The summed E-state index contributed by atoms with van der Waals surface area (Å²) in [5.74, 6) is 12.8. The Bertz CT molecular complexity index is 801. The lowest BCUT2D eigenvalue weighted by atomic mass is 9.94. The van der Waals surface area contributed by atoms with Crippen molar-refractivity contribution < 1.29 is 4.79 Å². The van der Waals surface area contributed by atoms with Gasteiger partial charge in [0.2, 0.25) is 5.91 Å². The van der Waals surface area contributed by atoms with Gasteiger partial charge in [-0.3, -0.25) is 15.6 Å². The van der Waals surface area contributed by atoms with Crippen molar-refractivity contribution in [3.63, 3.8) is 0 Å². The minimum atomic E-state index is -0.633. The Morgan fingerprint density at radius 1 is 1.33 bits per heavy atom. The van der Waals surface area contributed by atoms with E-state index in [1.165, 1.54) is 5.01 Å². The summed E-state index contributed by atoms with van der Waals surface area (Å²) in [5.41, 5.74) is 2.34. The second kappa shape index (κ2) is 5.02. The van der Waals surface area contributed by atoms with Crippen LogP contribution in [0.2, 0.25) is 0 Å². The number of aryl methyl sites for hydroxylation is 1. The van der Waals surface area contributed by atoms with Gasteiger partial charge >= 0.3 is 0 Å². The van der Waals surface area contributed by atoms with Crippen LogP contribution < -0.4 is 11.7 Å². The van der Waals surface area contributed by atoms with E-state index in [1.54, 1.807) is 5.01 Å². The Labute approximate surface area is 141 Å². The number of nitrogens with zero attached hydrogens (tertiary/aromatic N) is 4. The zero-order chi connectivity index (χ0) is 17.2. The van der Waals surface area contributed by atoms with E-state index in [1.807, 2.05) is 49.7 Å². The highest BCUT2D eigenvalue weighted by atomic mass is 16.2. The third-order valence-electron chi connectivity index (χ3n) is 5.74. The molecular weight excluding hydrogens is 304 g/mol. The van der Waals surface area contributed by atoms with E-state index in [9.17, 15) is 4.79 Å². The highest BCUT2D eigenvalue weighted by molar-refractivity contribution is 5.83. The van der Waals surface area contributed by atoms with Crippen molar-refractivity contribution >= 4 is 11.4 Å². The molecule has 3 heterocycles. The summed E-state index contributed by atoms with van der Waals surface area (Å²) in [4.78, 5) is 12.9. The molecule has 2 aromatic heterocycles. The first-order chi connectivity index (χ1) is 11.3. The number of fused-ring (bicyclic) bond motifs is 2. The number of carbonyl (C=O) groups is 1. The van der Waals surface area contributed by atoms with Gasteiger partial charge in [-0.2, -0.15) is 5.10 Å². The molecule has 0 bridgehead atoms. The molecular formula is C17H24N6O.